The first-order chi connectivity index (χ1) is 9.29. The summed E-state index contributed by atoms with van der Waals surface area (Å²) in [7, 11) is -3.69. The third kappa shape index (κ3) is 3.32. The summed E-state index contributed by atoms with van der Waals surface area (Å²) in [5.74, 6) is 0.970. The van der Waals surface area contributed by atoms with Crippen LogP contribution >= 0.6 is 23.2 Å². The highest BCUT2D eigenvalue weighted by molar-refractivity contribution is 7.89. The molecule has 0 unspecified atom stereocenters. The second-order valence-corrected chi connectivity index (χ2v) is 6.73. The average Bonchev–Trinajstić information content (AvgIpc) is 2.70. The van der Waals surface area contributed by atoms with Crippen LogP contribution in [0, 0.1) is 13.8 Å². The van der Waals surface area contributed by atoms with E-state index in [-0.39, 0.29) is 16.5 Å². The quantitative estimate of drug-likeness (QED) is 0.932. The predicted octanol–water partition coefficient (Wildman–Crippen LogP) is 3.08. The molecule has 0 aliphatic carbocycles. The van der Waals surface area contributed by atoms with Gasteiger partial charge in [-0.25, -0.2) is 18.1 Å². The van der Waals surface area contributed by atoms with Gasteiger partial charge in [0.1, 0.15) is 5.76 Å². The molecule has 0 fully saturated rings. The molecule has 20 heavy (non-hydrogen) atoms. The lowest BCUT2D eigenvalue weighted by Gasteiger charge is -2.06. The molecule has 1 aromatic heterocycles. The highest BCUT2D eigenvalue weighted by Crippen LogP contribution is 2.24. The molecule has 2 rings (SSSR count). The van der Waals surface area contributed by atoms with E-state index in [1.807, 2.05) is 0 Å². The molecule has 5 nitrogen and oxygen atoms in total. The van der Waals surface area contributed by atoms with Crippen LogP contribution < -0.4 is 4.72 Å². The van der Waals surface area contributed by atoms with E-state index in [0.717, 1.165) is 5.69 Å². The zero-order valence-corrected chi connectivity index (χ0v) is 13.1. The number of rotatable bonds is 4. The van der Waals surface area contributed by atoms with Gasteiger partial charge in [0.05, 0.1) is 27.2 Å². The normalized spacial score (nSPS) is 11.8. The number of aryl methyl sites for hydroxylation is 2. The van der Waals surface area contributed by atoms with E-state index >= 15 is 0 Å². The number of aromatic nitrogens is 1. The lowest BCUT2D eigenvalue weighted by Crippen LogP contribution is -2.23. The Morgan fingerprint density at radius 2 is 1.95 bits per heavy atom. The van der Waals surface area contributed by atoms with Crippen LogP contribution in [-0.4, -0.2) is 13.4 Å². The summed E-state index contributed by atoms with van der Waals surface area (Å²) in [5.41, 5.74) is 0.730. The fourth-order valence-electron chi connectivity index (χ4n) is 1.50. The summed E-state index contributed by atoms with van der Waals surface area (Å²) >= 11 is 11.6. The van der Waals surface area contributed by atoms with Gasteiger partial charge < -0.3 is 4.42 Å². The predicted molar refractivity (Wildman–Crippen MR) is 76.5 cm³/mol. The smallest absolute Gasteiger partial charge is 0.241 e. The molecule has 1 N–H and O–H groups in total. The Morgan fingerprint density at radius 3 is 2.50 bits per heavy atom. The Labute approximate surface area is 127 Å². The third-order valence-electron chi connectivity index (χ3n) is 2.69. The molecule has 0 aliphatic rings. The van der Waals surface area contributed by atoms with E-state index in [1.165, 1.54) is 18.2 Å². The number of nitrogens with one attached hydrogen (secondary N) is 1. The largest absolute Gasteiger partial charge is 0.444 e. The lowest BCUT2D eigenvalue weighted by molar-refractivity contribution is 0.463. The van der Waals surface area contributed by atoms with Gasteiger partial charge in [0.25, 0.3) is 0 Å². The van der Waals surface area contributed by atoms with Crippen LogP contribution in [0.2, 0.25) is 10.0 Å². The summed E-state index contributed by atoms with van der Waals surface area (Å²) in [4.78, 5) is 4.13. The highest BCUT2D eigenvalue weighted by atomic mass is 35.5. The van der Waals surface area contributed by atoms with Crippen LogP contribution in [0.4, 0.5) is 0 Å². The Balaban J connectivity index is 2.16. The molecule has 1 aromatic carbocycles. The summed E-state index contributed by atoms with van der Waals surface area (Å²) < 4.78 is 31.9. The van der Waals surface area contributed by atoms with E-state index in [2.05, 4.69) is 9.71 Å². The van der Waals surface area contributed by atoms with Crippen molar-refractivity contribution in [3.8, 4) is 0 Å². The van der Waals surface area contributed by atoms with Gasteiger partial charge in [0.15, 0.2) is 0 Å². The van der Waals surface area contributed by atoms with Crippen LogP contribution in [0.15, 0.2) is 27.5 Å². The molecular formula is C12H12Cl2N2O3S. The Kier molecular flexibility index (Phi) is 4.39. The van der Waals surface area contributed by atoms with Crippen LogP contribution in [0.1, 0.15) is 17.3 Å². The summed E-state index contributed by atoms with van der Waals surface area (Å²) in [6.45, 7) is 3.52. The second kappa shape index (κ2) is 5.73. The van der Waals surface area contributed by atoms with Crippen molar-refractivity contribution < 1.29 is 12.8 Å². The standard InChI is InChI=1S/C12H12Cl2N2O3S/c1-7-8(2)19-12(16-7)6-15-20(17,18)9-3-4-10(13)11(14)5-9/h3-5,15H,6H2,1-2H3. The van der Waals surface area contributed by atoms with Crippen molar-refractivity contribution in [3.63, 3.8) is 0 Å². The molecule has 0 saturated heterocycles. The van der Waals surface area contributed by atoms with Crippen molar-refractivity contribution in [2.45, 2.75) is 25.3 Å². The Morgan fingerprint density at radius 1 is 1.25 bits per heavy atom. The maximum Gasteiger partial charge on any atom is 0.241 e. The van der Waals surface area contributed by atoms with Gasteiger partial charge >= 0.3 is 0 Å². The van der Waals surface area contributed by atoms with Crippen molar-refractivity contribution in [1.29, 1.82) is 0 Å². The fraction of sp³-hybridized carbons (Fsp3) is 0.250. The zero-order valence-electron chi connectivity index (χ0n) is 10.8. The SMILES string of the molecule is Cc1nc(CNS(=O)(=O)c2ccc(Cl)c(Cl)c2)oc1C. The number of hydrogen-bond donors (Lipinski definition) is 1. The van der Waals surface area contributed by atoms with Crippen molar-refractivity contribution in [2.24, 2.45) is 0 Å². The number of benzene rings is 1. The zero-order chi connectivity index (χ0) is 14.9. The first kappa shape index (κ1) is 15.3. The van der Waals surface area contributed by atoms with Gasteiger partial charge in [0.2, 0.25) is 15.9 Å². The van der Waals surface area contributed by atoms with Crippen molar-refractivity contribution in [1.82, 2.24) is 9.71 Å². The number of sulfonamides is 1. The molecule has 0 spiro atoms. The van der Waals surface area contributed by atoms with Gasteiger partial charge in [-0.15, -0.1) is 0 Å². The fourth-order valence-corrected chi connectivity index (χ4v) is 2.86. The lowest BCUT2D eigenvalue weighted by atomic mass is 10.4. The third-order valence-corrected chi connectivity index (χ3v) is 4.83. The van der Waals surface area contributed by atoms with Gasteiger partial charge in [0, 0.05) is 0 Å². The second-order valence-electron chi connectivity index (χ2n) is 4.15. The van der Waals surface area contributed by atoms with Crippen LogP contribution in [-0.2, 0) is 16.6 Å². The monoisotopic (exact) mass is 334 g/mol. The molecule has 8 heteroatoms. The number of halogens is 2. The van der Waals surface area contributed by atoms with Gasteiger partial charge in [-0.3, -0.25) is 0 Å². The van der Waals surface area contributed by atoms with Crippen LogP contribution in [0.3, 0.4) is 0 Å². The Hall–Kier alpha value is -1.08. The topological polar surface area (TPSA) is 72.2 Å². The summed E-state index contributed by atoms with van der Waals surface area (Å²) in [5, 5.41) is 0.474. The number of hydrogen-bond acceptors (Lipinski definition) is 4. The summed E-state index contributed by atoms with van der Waals surface area (Å²) in [6.07, 6.45) is 0. The van der Waals surface area contributed by atoms with Crippen molar-refractivity contribution >= 4 is 33.2 Å². The molecule has 0 atom stereocenters. The molecule has 0 saturated carbocycles. The molecule has 0 bridgehead atoms. The summed E-state index contributed by atoms with van der Waals surface area (Å²) in [6, 6.07) is 4.10. The minimum Gasteiger partial charge on any atom is -0.444 e. The molecule has 2 aromatic rings. The number of oxazole rings is 1. The molecule has 0 radical (unpaired) electrons. The molecule has 108 valence electrons. The minimum atomic E-state index is -3.69. The minimum absolute atomic E-state index is 0.0305. The van der Waals surface area contributed by atoms with Gasteiger partial charge in [-0.1, -0.05) is 23.2 Å². The average molecular weight is 335 g/mol. The van der Waals surface area contributed by atoms with E-state index in [9.17, 15) is 8.42 Å². The van der Waals surface area contributed by atoms with E-state index in [4.69, 9.17) is 27.6 Å². The van der Waals surface area contributed by atoms with Crippen LogP contribution in [0.5, 0.6) is 0 Å². The molecule has 0 amide bonds. The number of nitrogens with zero attached hydrogens (tertiary/aromatic N) is 1. The molecule has 1 heterocycles. The van der Waals surface area contributed by atoms with E-state index in [1.54, 1.807) is 13.8 Å². The van der Waals surface area contributed by atoms with E-state index in [0.29, 0.717) is 16.7 Å². The van der Waals surface area contributed by atoms with Crippen molar-refractivity contribution in [3.05, 3.63) is 45.6 Å². The van der Waals surface area contributed by atoms with Crippen molar-refractivity contribution in [2.75, 3.05) is 0 Å². The van der Waals surface area contributed by atoms with Gasteiger partial charge in [-0.05, 0) is 32.0 Å². The van der Waals surface area contributed by atoms with E-state index < -0.39 is 10.0 Å². The highest BCUT2D eigenvalue weighted by Gasteiger charge is 2.17. The molecule has 0 aliphatic heterocycles. The maximum absolute atomic E-state index is 12.1. The maximum atomic E-state index is 12.1. The molecular weight excluding hydrogens is 323 g/mol. The Bertz CT molecular complexity index is 722. The van der Waals surface area contributed by atoms with Gasteiger partial charge in [-0.2, -0.15) is 0 Å². The first-order valence-corrected chi connectivity index (χ1v) is 7.91. The van der Waals surface area contributed by atoms with Crippen LogP contribution in [0.25, 0.3) is 0 Å². The first-order valence-electron chi connectivity index (χ1n) is 5.67.